The van der Waals surface area contributed by atoms with E-state index in [1.165, 1.54) is 0 Å². The van der Waals surface area contributed by atoms with Crippen LogP contribution in [0.3, 0.4) is 0 Å². The summed E-state index contributed by atoms with van der Waals surface area (Å²) in [6, 6.07) is 0. The molecule has 1 aliphatic heterocycles. The number of alkyl halides is 3. The number of H-pyrrole nitrogens is 1. The number of nitrogens with one attached hydrogen (secondary N) is 1. The maximum absolute atomic E-state index is 12.7. The van der Waals surface area contributed by atoms with Crippen LogP contribution >= 0.6 is 0 Å². The third-order valence-corrected chi connectivity index (χ3v) is 4.07. The summed E-state index contributed by atoms with van der Waals surface area (Å²) >= 11 is 0. The number of rotatable bonds is 4. The van der Waals surface area contributed by atoms with Gasteiger partial charge in [-0.3, -0.25) is 14.3 Å². The summed E-state index contributed by atoms with van der Waals surface area (Å²) in [5, 5.41) is 19.3. The Morgan fingerprint density at radius 2 is 2.08 bits per heavy atom. The van der Waals surface area contributed by atoms with E-state index in [0.29, 0.717) is 4.57 Å². The second-order valence-corrected chi connectivity index (χ2v) is 5.93. The minimum Gasteiger partial charge on any atom is -0.394 e. The van der Waals surface area contributed by atoms with Crippen LogP contribution in [0.25, 0.3) is 11.2 Å². The third-order valence-electron chi connectivity index (χ3n) is 4.07. The summed E-state index contributed by atoms with van der Waals surface area (Å²) in [4.78, 5) is 30.8. The van der Waals surface area contributed by atoms with E-state index in [-0.39, 0.29) is 18.0 Å². The molecule has 3 heterocycles. The molecule has 0 amide bonds. The number of ether oxygens (including phenoxy) is 1. The lowest BCUT2D eigenvalue weighted by molar-refractivity contribution is -0.136. The molecule has 1 aliphatic rings. The summed E-state index contributed by atoms with van der Waals surface area (Å²) in [5.41, 5.74) is 2.86. The standard InChI is InChI=1S/C13H16F3N5O5/c14-13(15,16)1-2-20-7-8(18-11(17)19-9(7)24)21(12(20)25)10-6(23)3-5(4-22)26-10/h5-6,10,22-23H,1-4H2,(H3,17,18,19,24)/t5-,6+,10+/m0/s1. The van der Waals surface area contributed by atoms with Crippen molar-refractivity contribution in [1.29, 1.82) is 0 Å². The predicted octanol–water partition coefficient (Wildman–Crippen LogP) is -0.938. The van der Waals surface area contributed by atoms with E-state index in [9.17, 15) is 27.9 Å². The minimum absolute atomic E-state index is 0.00149. The molecule has 13 heteroatoms. The number of aliphatic hydroxyl groups excluding tert-OH is 2. The van der Waals surface area contributed by atoms with Crippen LogP contribution < -0.4 is 17.0 Å². The molecule has 26 heavy (non-hydrogen) atoms. The first-order valence-electron chi connectivity index (χ1n) is 7.64. The minimum atomic E-state index is -4.55. The molecule has 2 aromatic heterocycles. The second-order valence-electron chi connectivity index (χ2n) is 5.93. The molecule has 1 saturated heterocycles. The molecule has 5 N–H and O–H groups in total. The van der Waals surface area contributed by atoms with Crippen molar-refractivity contribution in [2.75, 3.05) is 12.3 Å². The van der Waals surface area contributed by atoms with Crippen molar-refractivity contribution in [2.45, 2.75) is 44.0 Å². The third kappa shape index (κ3) is 3.20. The number of hydrogen-bond acceptors (Lipinski definition) is 7. The SMILES string of the molecule is Nc1nc2c(c(=O)[nH]1)n(CCC(F)(F)F)c(=O)n2[C@@H]1O[C@H](CO)C[C@H]1O. The highest BCUT2D eigenvalue weighted by Crippen LogP contribution is 2.30. The van der Waals surface area contributed by atoms with Crippen molar-refractivity contribution in [2.24, 2.45) is 0 Å². The van der Waals surface area contributed by atoms with Crippen molar-refractivity contribution >= 4 is 17.1 Å². The van der Waals surface area contributed by atoms with Gasteiger partial charge in [-0.05, 0) is 0 Å². The normalized spacial score (nSPS) is 23.8. The van der Waals surface area contributed by atoms with E-state index in [1.807, 2.05) is 0 Å². The molecule has 3 rings (SSSR count). The van der Waals surface area contributed by atoms with Crippen LogP contribution in [0.1, 0.15) is 19.1 Å². The first kappa shape index (κ1) is 18.4. The van der Waals surface area contributed by atoms with Crippen LogP contribution in [0.4, 0.5) is 19.1 Å². The number of anilines is 1. The first-order chi connectivity index (χ1) is 12.1. The van der Waals surface area contributed by atoms with Gasteiger partial charge < -0.3 is 20.7 Å². The lowest BCUT2D eigenvalue weighted by Crippen LogP contribution is -2.32. The monoisotopic (exact) mass is 379 g/mol. The van der Waals surface area contributed by atoms with E-state index in [1.54, 1.807) is 0 Å². The molecule has 0 unspecified atom stereocenters. The number of halogens is 3. The summed E-state index contributed by atoms with van der Waals surface area (Å²) < 4.78 is 44.5. The number of nitrogens with zero attached hydrogens (tertiary/aromatic N) is 3. The van der Waals surface area contributed by atoms with Gasteiger partial charge >= 0.3 is 11.9 Å². The van der Waals surface area contributed by atoms with Gasteiger partial charge in [0.25, 0.3) is 5.56 Å². The fraction of sp³-hybridized carbons (Fsp3) is 0.615. The number of imidazole rings is 1. The molecule has 144 valence electrons. The summed E-state index contributed by atoms with van der Waals surface area (Å²) in [7, 11) is 0. The van der Waals surface area contributed by atoms with Gasteiger partial charge in [0.15, 0.2) is 17.4 Å². The van der Waals surface area contributed by atoms with Gasteiger partial charge in [-0.2, -0.15) is 18.2 Å². The molecular weight excluding hydrogens is 363 g/mol. The summed E-state index contributed by atoms with van der Waals surface area (Å²) in [6.45, 7) is -1.24. The largest absolute Gasteiger partial charge is 0.394 e. The predicted molar refractivity (Wildman–Crippen MR) is 81.3 cm³/mol. The van der Waals surface area contributed by atoms with E-state index in [2.05, 4.69) is 9.97 Å². The Labute approximate surface area is 142 Å². The summed E-state index contributed by atoms with van der Waals surface area (Å²) in [6.07, 6.45) is -9.20. The molecule has 1 fully saturated rings. The lowest BCUT2D eigenvalue weighted by atomic mass is 10.2. The highest BCUT2D eigenvalue weighted by atomic mass is 19.4. The van der Waals surface area contributed by atoms with Gasteiger partial charge in [0.05, 0.1) is 19.1 Å². The quantitative estimate of drug-likeness (QED) is 0.536. The molecule has 0 radical (unpaired) electrons. The molecule has 0 spiro atoms. The van der Waals surface area contributed by atoms with Gasteiger partial charge in [-0.1, -0.05) is 0 Å². The fourth-order valence-corrected chi connectivity index (χ4v) is 2.95. The van der Waals surface area contributed by atoms with Crippen molar-refractivity contribution in [3.05, 3.63) is 20.8 Å². The van der Waals surface area contributed by atoms with E-state index in [0.717, 1.165) is 4.57 Å². The molecule has 0 aromatic carbocycles. The van der Waals surface area contributed by atoms with E-state index < -0.39 is 61.0 Å². The fourth-order valence-electron chi connectivity index (χ4n) is 2.95. The smallest absolute Gasteiger partial charge is 0.390 e. The highest BCUT2D eigenvalue weighted by Gasteiger charge is 2.38. The zero-order valence-electron chi connectivity index (χ0n) is 13.2. The topological polar surface area (TPSA) is 148 Å². The van der Waals surface area contributed by atoms with Crippen molar-refractivity contribution < 1.29 is 28.1 Å². The molecule has 3 atom stereocenters. The van der Waals surface area contributed by atoms with Crippen LogP contribution in [0.2, 0.25) is 0 Å². The Kier molecular flexibility index (Phi) is 4.54. The number of aliphatic hydroxyl groups is 2. The Hall–Kier alpha value is -2.38. The van der Waals surface area contributed by atoms with Crippen LogP contribution in [0.15, 0.2) is 9.59 Å². The maximum Gasteiger partial charge on any atom is 0.390 e. The zero-order valence-corrected chi connectivity index (χ0v) is 13.2. The number of fused-ring (bicyclic) bond motifs is 1. The van der Waals surface area contributed by atoms with Gasteiger partial charge in [0.1, 0.15) is 6.10 Å². The molecular formula is C13H16F3N5O5. The Morgan fingerprint density at radius 1 is 1.38 bits per heavy atom. The molecule has 2 aromatic rings. The van der Waals surface area contributed by atoms with Crippen LogP contribution in [-0.4, -0.2) is 54.3 Å². The Balaban J connectivity index is 2.19. The number of aromatic nitrogens is 4. The number of hydrogen-bond donors (Lipinski definition) is 4. The number of nitrogen functional groups attached to an aromatic ring is 1. The van der Waals surface area contributed by atoms with Crippen LogP contribution in [0, 0.1) is 0 Å². The average molecular weight is 379 g/mol. The van der Waals surface area contributed by atoms with Crippen LogP contribution in [-0.2, 0) is 11.3 Å². The average Bonchev–Trinajstić information content (AvgIpc) is 3.01. The van der Waals surface area contributed by atoms with Crippen molar-refractivity contribution in [3.8, 4) is 0 Å². The Bertz CT molecular complexity index is 933. The van der Waals surface area contributed by atoms with Gasteiger partial charge in [-0.15, -0.1) is 0 Å². The maximum atomic E-state index is 12.7. The van der Waals surface area contributed by atoms with E-state index in [4.69, 9.17) is 15.6 Å². The summed E-state index contributed by atoms with van der Waals surface area (Å²) in [5.74, 6) is -0.351. The number of aryl methyl sites for hydroxylation is 1. The molecule has 0 saturated carbocycles. The zero-order chi connectivity index (χ0) is 19.2. The second kappa shape index (κ2) is 6.41. The van der Waals surface area contributed by atoms with Gasteiger partial charge in [-0.25, -0.2) is 9.36 Å². The molecule has 10 nitrogen and oxygen atoms in total. The number of aromatic amines is 1. The number of nitrogens with two attached hydrogens (primary N) is 1. The molecule has 0 bridgehead atoms. The van der Waals surface area contributed by atoms with Crippen molar-refractivity contribution in [3.63, 3.8) is 0 Å². The Morgan fingerprint density at radius 3 is 2.65 bits per heavy atom. The van der Waals surface area contributed by atoms with Gasteiger partial charge in [0.2, 0.25) is 5.95 Å². The van der Waals surface area contributed by atoms with Crippen molar-refractivity contribution in [1.82, 2.24) is 19.1 Å². The lowest BCUT2D eigenvalue weighted by Gasteiger charge is -2.15. The molecule has 0 aliphatic carbocycles. The first-order valence-corrected chi connectivity index (χ1v) is 7.64. The van der Waals surface area contributed by atoms with Gasteiger partial charge in [0, 0.05) is 13.0 Å². The van der Waals surface area contributed by atoms with E-state index >= 15 is 0 Å². The highest BCUT2D eigenvalue weighted by molar-refractivity contribution is 5.71. The van der Waals surface area contributed by atoms with Crippen LogP contribution in [0.5, 0.6) is 0 Å².